The van der Waals surface area contributed by atoms with Crippen LogP contribution < -0.4 is 4.90 Å². The van der Waals surface area contributed by atoms with E-state index in [1.165, 1.54) is 75.1 Å². The molecule has 0 saturated heterocycles. The first-order valence-corrected chi connectivity index (χ1v) is 18.6. The number of nitrogens with zero attached hydrogens (tertiary/aromatic N) is 1. The van der Waals surface area contributed by atoms with Crippen LogP contribution in [0.2, 0.25) is 0 Å². The summed E-state index contributed by atoms with van der Waals surface area (Å²) in [5, 5.41) is 7.58. The van der Waals surface area contributed by atoms with Gasteiger partial charge in [0.2, 0.25) is 0 Å². The SMILES string of the molecule is c1ccc(-c2ccccc2N(c2ccc3cc(-c4ccc(-c5ccc6ccccc6c5)cc4)ccc3c2)c2ccc3c(c2)sc2ccccc23)cc1. The van der Waals surface area contributed by atoms with Crippen LogP contribution in [0.4, 0.5) is 17.1 Å². The van der Waals surface area contributed by atoms with Gasteiger partial charge in [-0.2, -0.15) is 0 Å². The van der Waals surface area contributed by atoms with Crippen LogP contribution in [0.1, 0.15) is 0 Å². The summed E-state index contributed by atoms with van der Waals surface area (Å²) >= 11 is 1.86. The number of para-hydroxylation sites is 1. The maximum Gasteiger partial charge on any atom is 0.0540 e. The monoisotopic (exact) mass is 679 g/mol. The van der Waals surface area contributed by atoms with E-state index in [4.69, 9.17) is 0 Å². The lowest BCUT2D eigenvalue weighted by Gasteiger charge is -2.28. The highest BCUT2D eigenvalue weighted by molar-refractivity contribution is 7.25. The molecule has 0 atom stereocenters. The first-order valence-electron chi connectivity index (χ1n) is 17.7. The van der Waals surface area contributed by atoms with Crippen LogP contribution in [0.5, 0.6) is 0 Å². The number of hydrogen-bond acceptors (Lipinski definition) is 2. The molecule has 0 aliphatic rings. The molecule has 1 nitrogen and oxygen atoms in total. The Morgan fingerprint density at radius 3 is 1.65 bits per heavy atom. The number of benzene rings is 9. The fourth-order valence-electron chi connectivity index (χ4n) is 7.59. The third kappa shape index (κ3) is 5.42. The highest BCUT2D eigenvalue weighted by atomic mass is 32.1. The Morgan fingerprint density at radius 2 is 0.846 bits per heavy atom. The van der Waals surface area contributed by atoms with Crippen LogP contribution in [-0.4, -0.2) is 0 Å². The van der Waals surface area contributed by atoms with Gasteiger partial charge in [-0.15, -0.1) is 11.3 Å². The third-order valence-electron chi connectivity index (χ3n) is 10.2. The minimum absolute atomic E-state index is 1.13. The van der Waals surface area contributed by atoms with Crippen molar-refractivity contribution >= 4 is 70.1 Å². The summed E-state index contributed by atoms with van der Waals surface area (Å²) in [6, 6.07) is 73.0. The quantitative estimate of drug-likeness (QED) is 0.169. The predicted molar refractivity (Wildman–Crippen MR) is 225 cm³/mol. The second kappa shape index (κ2) is 12.7. The number of rotatable bonds is 6. The van der Waals surface area contributed by atoms with Gasteiger partial charge < -0.3 is 4.90 Å². The van der Waals surface area contributed by atoms with E-state index in [1.807, 2.05) is 11.3 Å². The van der Waals surface area contributed by atoms with Crippen LogP contribution in [-0.2, 0) is 0 Å². The number of fused-ring (bicyclic) bond motifs is 5. The van der Waals surface area contributed by atoms with E-state index in [0.717, 1.165) is 17.1 Å². The summed E-state index contributed by atoms with van der Waals surface area (Å²) in [7, 11) is 0. The maximum atomic E-state index is 2.42. The fraction of sp³-hybridized carbons (Fsp3) is 0. The smallest absolute Gasteiger partial charge is 0.0540 e. The zero-order valence-electron chi connectivity index (χ0n) is 28.4. The molecular formula is C50H33NS. The Hall–Kier alpha value is -6.48. The second-order valence-corrected chi connectivity index (χ2v) is 14.5. The average molecular weight is 680 g/mol. The second-order valence-electron chi connectivity index (χ2n) is 13.4. The molecular weight excluding hydrogens is 647 g/mol. The normalized spacial score (nSPS) is 11.5. The van der Waals surface area contributed by atoms with Crippen molar-refractivity contribution in [2.24, 2.45) is 0 Å². The summed E-state index contributed by atoms with van der Waals surface area (Å²) in [6.45, 7) is 0. The summed E-state index contributed by atoms with van der Waals surface area (Å²) in [4.78, 5) is 2.42. The van der Waals surface area contributed by atoms with Gasteiger partial charge in [-0.25, -0.2) is 0 Å². The van der Waals surface area contributed by atoms with E-state index in [-0.39, 0.29) is 0 Å². The Labute approximate surface area is 307 Å². The van der Waals surface area contributed by atoms with Gasteiger partial charge >= 0.3 is 0 Å². The lowest BCUT2D eigenvalue weighted by Crippen LogP contribution is -2.11. The lowest BCUT2D eigenvalue weighted by atomic mass is 9.97. The Kier molecular flexibility index (Phi) is 7.41. The maximum absolute atomic E-state index is 2.42. The van der Waals surface area contributed by atoms with E-state index in [2.05, 4.69) is 205 Å². The van der Waals surface area contributed by atoms with Crippen molar-refractivity contribution in [2.75, 3.05) is 4.90 Å². The highest BCUT2D eigenvalue weighted by Gasteiger charge is 2.19. The van der Waals surface area contributed by atoms with Gasteiger partial charge in [0.05, 0.1) is 5.69 Å². The standard InChI is InChI=1S/C50H33NS/c1-2-11-37(12-3-1)45-14-6-8-16-48(45)51(44-28-29-47-46-15-7-9-17-49(46)52-50(47)33-44)43-27-26-41-31-40(24-25-42(41)32-43)36-20-18-35(19-21-36)39-23-22-34-10-4-5-13-38(34)30-39/h1-33H. The van der Waals surface area contributed by atoms with Crippen molar-refractivity contribution < 1.29 is 0 Å². The summed E-state index contributed by atoms with van der Waals surface area (Å²) in [5.41, 5.74) is 10.7. The minimum atomic E-state index is 1.13. The van der Waals surface area contributed by atoms with Crippen LogP contribution in [0.25, 0.3) is 75.1 Å². The zero-order chi connectivity index (χ0) is 34.4. The Bertz CT molecular complexity index is 2900. The molecule has 0 radical (unpaired) electrons. The Balaban J connectivity index is 1.05. The van der Waals surface area contributed by atoms with Crippen molar-refractivity contribution in [2.45, 2.75) is 0 Å². The van der Waals surface area contributed by atoms with Crippen molar-refractivity contribution in [1.82, 2.24) is 0 Å². The molecule has 0 saturated carbocycles. The molecule has 244 valence electrons. The topological polar surface area (TPSA) is 3.24 Å². The summed E-state index contributed by atoms with van der Waals surface area (Å²) < 4.78 is 2.61. The van der Waals surface area contributed by atoms with Gasteiger partial charge in [0.15, 0.2) is 0 Å². The van der Waals surface area contributed by atoms with Gasteiger partial charge in [-0.1, -0.05) is 152 Å². The average Bonchev–Trinajstić information content (AvgIpc) is 3.59. The van der Waals surface area contributed by atoms with Gasteiger partial charge in [0, 0.05) is 37.1 Å². The molecule has 0 amide bonds. The van der Waals surface area contributed by atoms with Gasteiger partial charge in [0.25, 0.3) is 0 Å². The molecule has 9 aromatic carbocycles. The van der Waals surface area contributed by atoms with Gasteiger partial charge in [0.1, 0.15) is 0 Å². The highest BCUT2D eigenvalue weighted by Crippen LogP contribution is 2.44. The molecule has 2 heteroatoms. The first-order chi connectivity index (χ1) is 25.7. The molecule has 0 unspecified atom stereocenters. The Morgan fingerprint density at radius 1 is 0.308 bits per heavy atom. The summed E-state index contributed by atoms with van der Waals surface area (Å²) in [5.74, 6) is 0. The van der Waals surface area contributed by atoms with E-state index >= 15 is 0 Å². The van der Waals surface area contributed by atoms with Gasteiger partial charge in [-0.3, -0.25) is 0 Å². The van der Waals surface area contributed by atoms with E-state index in [1.54, 1.807) is 0 Å². The van der Waals surface area contributed by atoms with Crippen molar-refractivity contribution in [3.63, 3.8) is 0 Å². The lowest BCUT2D eigenvalue weighted by molar-refractivity contribution is 1.30. The molecule has 10 aromatic rings. The summed E-state index contributed by atoms with van der Waals surface area (Å²) in [6.07, 6.45) is 0. The van der Waals surface area contributed by atoms with E-state index < -0.39 is 0 Å². The predicted octanol–water partition coefficient (Wildman–Crippen LogP) is 14.8. The molecule has 0 aliphatic carbocycles. The number of anilines is 3. The van der Waals surface area contributed by atoms with Crippen molar-refractivity contribution in [3.05, 3.63) is 200 Å². The first kappa shape index (κ1) is 30.4. The molecule has 1 aromatic heterocycles. The molecule has 0 fully saturated rings. The van der Waals surface area contributed by atoms with Crippen LogP contribution >= 0.6 is 11.3 Å². The minimum Gasteiger partial charge on any atom is -0.310 e. The fourth-order valence-corrected chi connectivity index (χ4v) is 8.73. The number of hydrogen-bond donors (Lipinski definition) is 0. The molecule has 10 rings (SSSR count). The largest absolute Gasteiger partial charge is 0.310 e. The molecule has 1 heterocycles. The number of thiophene rings is 1. The zero-order valence-corrected chi connectivity index (χ0v) is 29.2. The molecule has 0 aliphatic heterocycles. The molecule has 0 N–H and O–H groups in total. The van der Waals surface area contributed by atoms with Crippen molar-refractivity contribution in [3.8, 4) is 33.4 Å². The van der Waals surface area contributed by atoms with E-state index in [9.17, 15) is 0 Å². The third-order valence-corrected chi connectivity index (χ3v) is 11.4. The van der Waals surface area contributed by atoms with E-state index in [0.29, 0.717) is 0 Å². The molecule has 52 heavy (non-hydrogen) atoms. The van der Waals surface area contributed by atoms with Crippen LogP contribution in [0, 0.1) is 0 Å². The van der Waals surface area contributed by atoms with Gasteiger partial charge in [-0.05, 0) is 97.9 Å². The van der Waals surface area contributed by atoms with Crippen molar-refractivity contribution in [1.29, 1.82) is 0 Å². The van der Waals surface area contributed by atoms with Crippen LogP contribution in [0.3, 0.4) is 0 Å². The molecule has 0 bridgehead atoms. The molecule has 0 spiro atoms. The van der Waals surface area contributed by atoms with Crippen LogP contribution in [0.15, 0.2) is 200 Å².